The SMILES string of the molecule is CN(CCCCNC1CC1)CCOCC1CC1. The number of hydrogen-bond donors (Lipinski definition) is 1. The van der Waals surface area contributed by atoms with Gasteiger partial charge in [0, 0.05) is 19.2 Å². The van der Waals surface area contributed by atoms with Crippen molar-refractivity contribution >= 4 is 0 Å². The summed E-state index contributed by atoms with van der Waals surface area (Å²) in [6, 6.07) is 0.864. The maximum Gasteiger partial charge on any atom is 0.0593 e. The van der Waals surface area contributed by atoms with Gasteiger partial charge in [-0.2, -0.15) is 0 Å². The topological polar surface area (TPSA) is 24.5 Å². The number of rotatable bonds is 11. The maximum absolute atomic E-state index is 5.64. The summed E-state index contributed by atoms with van der Waals surface area (Å²) in [7, 11) is 2.20. The van der Waals surface area contributed by atoms with Crippen LogP contribution in [0.1, 0.15) is 38.5 Å². The molecule has 0 aliphatic heterocycles. The minimum absolute atomic E-state index is 0.864. The molecule has 0 spiro atoms. The fraction of sp³-hybridized carbons (Fsp3) is 1.00. The molecule has 100 valence electrons. The number of hydrogen-bond acceptors (Lipinski definition) is 3. The molecule has 3 heteroatoms. The van der Waals surface area contributed by atoms with Crippen LogP contribution in [-0.4, -0.2) is 50.8 Å². The molecule has 2 aliphatic rings. The van der Waals surface area contributed by atoms with Gasteiger partial charge in [0.2, 0.25) is 0 Å². The summed E-state index contributed by atoms with van der Waals surface area (Å²) in [6.45, 7) is 5.41. The zero-order chi connectivity index (χ0) is 11.9. The van der Waals surface area contributed by atoms with E-state index in [-0.39, 0.29) is 0 Å². The molecule has 2 fully saturated rings. The summed E-state index contributed by atoms with van der Waals surface area (Å²) in [5.74, 6) is 0.897. The van der Waals surface area contributed by atoms with Gasteiger partial charge >= 0.3 is 0 Å². The average Bonchev–Trinajstić information content (AvgIpc) is 3.17. The van der Waals surface area contributed by atoms with E-state index in [4.69, 9.17) is 4.74 Å². The minimum atomic E-state index is 0.864. The molecule has 1 N–H and O–H groups in total. The molecular weight excluding hydrogens is 212 g/mol. The van der Waals surface area contributed by atoms with Crippen LogP contribution in [0.25, 0.3) is 0 Å². The molecule has 17 heavy (non-hydrogen) atoms. The summed E-state index contributed by atoms with van der Waals surface area (Å²) < 4.78 is 5.64. The summed E-state index contributed by atoms with van der Waals surface area (Å²) in [4.78, 5) is 2.39. The van der Waals surface area contributed by atoms with Crippen LogP contribution in [0.4, 0.5) is 0 Å². The Bertz CT molecular complexity index is 202. The van der Waals surface area contributed by atoms with E-state index in [0.717, 1.165) is 31.7 Å². The highest BCUT2D eigenvalue weighted by atomic mass is 16.5. The van der Waals surface area contributed by atoms with E-state index in [1.807, 2.05) is 0 Å². The molecule has 3 nitrogen and oxygen atoms in total. The molecule has 2 aliphatic carbocycles. The van der Waals surface area contributed by atoms with Crippen LogP contribution in [0.3, 0.4) is 0 Å². The first-order valence-corrected chi connectivity index (χ1v) is 7.34. The van der Waals surface area contributed by atoms with E-state index in [0.29, 0.717) is 0 Å². The highest BCUT2D eigenvalue weighted by molar-refractivity contribution is 4.80. The van der Waals surface area contributed by atoms with Crippen LogP contribution in [-0.2, 0) is 4.74 Å². The second kappa shape index (κ2) is 7.34. The molecule has 0 saturated heterocycles. The normalized spacial score (nSPS) is 20.1. The van der Waals surface area contributed by atoms with Gasteiger partial charge in [-0.15, -0.1) is 0 Å². The number of unbranched alkanes of at least 4 members (excludes halogenated alkanes) is 1. The molecule has 2 rings (SSSR count). The van der Waals surface area contributed by atoms with Gasteiger partial charge in [0.15, 0.2) is 0 Å². The predicted octanol–water partition coefficient (Wildman–Crippen LogP) is 1.88. The van der Waals surface area contributed by atoms with E-state index in [1.54, 1.807) is 0 Å². The lowest BCUT2D eigenvalue weighted by Crippen LogP contribution is -2.25. The van der Waals surface area contributed by atoms with Crippen molar-refractivity contribution in [2.45, 2.75) is 44.6 Å². The maximum atomic E-state index is 5.64. The van der Waals surface area contributed by atoms with Gasteiger partial charge in [0.05, 0.1) is 6.61 Å². The van der Waals surface area contributed by atoms with Gasteiger partial charge in [-0.1, -0.05) is 0 Å². The second-order valence-electron chi connectivity index (χ2n) is 5.76. The van der Waals surface area contributed by atoms with Gasteiger partial charge in [-0.05, 0) is 64.6 Å². The Morgan fingerprint density at radius 3 is 2.65 bits per heavy atom. The molecule has 0 unspecified atom stereocenters. The van der Waals surface area contributed by atoms with Crippen LogP contribution >= 0.6 is 0 Å². The van der Waals surface area contributed by atoms with Crippen molar-refractivity contribution in [2.24, 2.45) is 5.92 Å². The quantitative estimate of drug-likeness (QED) is 0.558. The zero-order valence-corrected chi connectivity index (χ0v) is 11.3. The van der Waals surface area contributed by atoms with E-state index in [1.165, 1.54) is 51.6 Å². The van der Waals surface area contributed by atoms with Crippen molar-refractivity contribution in [1.82, 2.24) is 10.2 Å². The van der Waals surface area contributed by atoms with Crippen molar-refractivity contribution in [3.05, 3.63) is 0 Å². The van der Waals surface area contributed by atoms with E-state index in [9.17, 15) is 0 Å². The molecular formula is C14H28N2O. The predicted molar refractivity (Wildman–Crippen MR) is 71.3 cm³/mol. The first-order chi connectivity index (χ1) is 8.34. The Kier molecular flexibility index (Phi) is 5.75. The summed E-state index contributed by atoms with van der Waals surface area (Å²) in [6.07, 6.45) is 8.20. The lowest BCUT2D eigenvalue weighted by atomic mass is 10.3. The van der Waals surface area contributed by atoms with Crippen LogP contribution in [0.2, 0.25) is 0 Å². The molecule has 2 saturated carbocycles. The molecule has 0 aromatic rings. The monoisotopic (exact) mass is 240 g/mol. The highest BCUT2D eigenvalue weighted by Crippen LogP contribution is 2.28. The van der Waals surface area contributed by atoms with Crippen molar-refractivity contribution in [2.75, 3.05) is 39.9 Å². The zero-order valence-electron chi connectivity index (χ0n) is 11.3. The Morgan fingerprint density at radius 1 is 1.12 bits per heavy atom. The molecule has 0 heterocycles. The second-order valence-corrected chi connectivity index (χ2v) is 5.76. The lowest BCUT2D eigenvalue weighted by Gasteiger charge is -2.16. The standard InChI is InChI=1S/C14H28N2O/c1-16(10-11-17-12-13-4-5-13)9-3-2-8-15-14-6-7-14/h13-15H,2-12H2,1H3. The highest BCUT2D eigenvalue weighted by Gasteiger charge is 2.21. The molecule has 0 bridgehead atoms. The van der Waals surface area contributed by atoms with Crippen LogP contribution < -0.4 is 5.32 Å². The van der Waals surface area contributed by atoms with E-state index < -0.39 is 0 Å². The third-order valence-corrected chi connectivity index (χ3v) is 3.64. The fourth-order valence-electron chi connectivity index (χ4n) is 1.97. The smallest absolute Gasteiger partial charge is 0.0593 e. The Balaban J connectivity index is 1.31. The van der Waals surface area contributed by atoms with Crippen molar-refractivity contribution in [3.63, 3.8) is 0 Å². The number of likely N-dealkylation sites (N-methyl/N-ethyl adjacent to an activating group) is 1. The van der Waals surface area contributed by atoms with Gasteiger partial charge in [0.25, 0.3) is 0 Å². The summed E-state index contributed by atoms with van der Waals surface area (Å²) in [5.41, 5.74) is 0. The van der Waals surface area contributed by atoms with Gasteiger partial charge in [-0.3, -0.25) is 0 Å². The first kappa shape index (κ1) is 13.3. The Labute approximate surface area is 106 Å². The number of nitrogens with zero attached hydrogens (tertiary/aromatic N) is 1. The molecule has 0 aromatic heterocycles. The number of ether oxygens (including phenoxy) is 1. The van der Waals surface area contributed by atoms with E-state index >= 15 is 0 Å². The third-order valence-electron chi connectivity index (χ3n) is 3.64. The van der Waals surface area contributed by atoms with Gasteiger partial charge in [0.1, 0.15) is 0 Å². The molecule has 0 aromatic carbocycles. The van der Waals surface area contributed by atoms with Crippen molar-refractivity contribution < 1.29 is 4.74 Å². The van der Waals surface area contributed by atoms with Crippen LogP contribution in [0.15, 0.2) is 0 Å². The minimum Gasteiger partial charge on any atom is -0.380 e. The van der Waals surface area contributed by atoms with Crippen LogP contribution in [0, 0.1) is 5.92 Å². The van der Waals surface area contributed by atoms with Crippen LogP contribution in [0.5, 0.6) is 0 Å². The molecule has 0 amide bonds. The third kappa shape index (κ3) is 7.02. The molecule has 0 radical (unpaired) electrons. The summed E-state index contributed by atoms with van der Waals surface area (Å²) >= 11 is 0. The van der Waals surface area contributed by atoms with E-state index in [2.05, 4.69) is 17.3 Å². The Morgan fingerprint density at radius 2 is 1.94 bits per heavy atom. The first-order valence-electron chi connectivity index (χ1n) is 7.34. The Hall–Kier alpha value is -0.120. The fourth-order valence-corrected chi connectivity index (χ4v) is 1.97. The van der Waals surface area contributed by atoms with Crippen molar-refractivity contribution in [3.8, 4) is 0 Å². The summed E-state index contributed by atoms with van der Waals surface area (Å²) in [5, 5.41) is 3.56. The number of nitrogens with one attached hydrogen (secondary N) is 1. The van der Waals surface area contributed by atoms with Gasteiger partial charge < -0.3 is 15.0 Å². The average molecular weight is 240 g/mol. The van der Waals surface area contributed by atoms with Gasteiger partial charge in [-0.25, -0.2) is 0 Å². The lowest BCUT2D eigenvalue weighted by molar-refractivity contribution is 0.103. The van der Waals surface area contributed by atoms with Crippen molar-refractivity contribution in [1.29, 1.82) is 0 Å². The molecule has 0 atom stereocenters. The largest absolute Gasteiger partial charge is 0.380 e.